The Bertz CT molecular complexity index is 391. The number of allylic oxidation sites excluding steroid dienone is 6. The highest BCUT2D eigenvalue weighted by molar-refractivity contribution is 5.40. The molecule has 88 valence electrons. The molecule has 0 unspecified atom stereocenters. The van der Waals surface area contributed by atoms with Gasteiger partial charge in [0, 0.05) is 12.5 Å². The van der Waals surface area contributed by atoms with E-state index in [0.29, 0.717) is 6.08 Å². The molecule has 0 atom stereocenters. The standard InChI is InChI=1S/C10H10F3NO2/c1-2-3-7-4-5-8(14(15)16)6-9(7)10(11,12)13/h2-3,6H,4-5H2,1H3. The van der Waals surface area contributed by atoms with Crippen molar-refractivity contribution in [3.63, 3.8) is 0 Å². The number of halogens is 3. The molecule has 0 N–H and O–H groups in total. The Labute approximate surface area is 90.1 Å². The lowest BCUT2D eigenvalue weighted by Crippen LogP contribution is -2.17. The summed E-state index contributed by atoms with van der Waals surface area (Å²) in [6.45, 7) is 1.60. The van der Waals surface area contributed by atoms with Crippen LogP contribution in [-0.4, -0.2) is 11.1 Å². The van der Waals surface area contributed by atoms with Gasteiger partial charge in [-0.15, -0.1) is 0 Å². The van der Waals surface area contributed by atoms with Gasteiger partial charge in [0.1, 0.15) is 0 Å². The number of rotatable bonds is 2. The Hall–Kier alpha value is -1.59. The normalized spacial score (nSPS) is 17.9. The summed E-state index contributed by atoms with van der Waals surface area (Å²) < 4.78 is 37.8. The zero-order chi connectivity index (χ0) is 12.3. The summed E-state index contributed by atoms with van der Waals surface area (Å²) in [5, 5.41) is 10.4. The van der Waals surface area contributed by atoms with Crippen LogP contribution in [0.1, 0.15) is 19.8 Å². The largest absolute Gasteiger partial charge is 0.416 e. The lowest BCUT2D eigenvalue weighted by Gasteiger charge is -2.16. The summed E-state index contributed by atoms with van der Waals surface area (Å²) in [6, 6.07) is 0. The molecular weight excluding hydrogens is 223 g/mol. The molecule has 0 aromatic heterocycles. The highest BCUT2D eigenvalue weighted by atomic mass is 19.4. The first-order valence-corrected chi connectivity index (χ1v) is 4.64. The van der Waals surface area contributed by atoms with Crippen LogP contribution in [0.25, 0.3) is 0 Å². The minimum atomic E-state index is -4.55. The van der Waals surface area contributed by atoms with E-state index >= 15 is 0 Å². The van der Waals surface area contributed by atoms with Crippen LogP contribution < -0.4 is 0 Å². The zero-order valence-corrected chi connectivity index (χ0v) is 8.54. The molecule has 0 aromatic rings. The van der Waals surface area contributed by atoms with Crippen molar-refractivity contribution in [3.8, 4) is 0 Å². The van der Waals surface area contributed by atoms with E-state index in [9.17, 15) is 23.3 Å². The van der Waals surface area contributed by atoms with Crippen molar-refractivity contribution < 1.29 is 18.1 Å². The molecule has 0 radical (unpaired) electrons. The Balaban J connectivity index is 3.22. The third kappa shape index (κ3) is 2.71. The molecule has 16 heavy (non-hydrogen) atoms. The van der Waals surface area contributed by atoms with Crippen LogP contribution in [0.3, 0.4) is 0 Å². The molecule has 0 amide bonds. The summed E-state index contributed by atoms with van der Waals surface area (Å²) in [4.78, 5) is 9.66. The Morgan fingerprint density at radius 1 is 1.44 bits per heavy atom. The van der Waals surface area contributed by atoms with E-state index in [2.05, 4.69) is 0 Å². The number of nitro groups is 1. The Morgan fingerprint density at radius 2 is 2.06 bits per heavy atom. The third-order valence-corrected chi connectivity index (χ3v) is 2.22. The van der Waals surface area contributed by atoms with Gasteiger partial charge < -0.3 is 0 Å². The average Bonchev–Trinajstić information content (AvgIpc) is 2.16. The summed E-state index contributed by atoms with van der Waals surface area (Å²) in [7, 11) is 0. The fourth-order valence-corrected chi connectivity index (χ4v) is 1.51. The lowest BCUT2D eigenvalue weighted by molar-refractivity contribution is -0.428. The fourth-order valence-electron chi connectivity index (χ4n) is 1.51. The molecule has 1 rings (SSSR count). The van der Waals surface area contributed by atoms with E-state index in [1.165, 1.54) is 12.2 Å². The van der Waals surface area contributed by atoms with Crippen LogP contribution in [-0.2, 0) is 0 Å². The molecule has 0 fully saturated rings. The van der Waals surface area contributed by atoms with E-state index in [1.807, 2.05) is 0 Å². The van der Waals surface area contributed by atoms with Crippen molar-refractivity contribution in [1.29, 1.82) is 0 Å². The van der Waals surface area contributed by atoms with Crippen LogP contribution in [0.5, 0.6) is 0 Å². The fraction of sp³-hybridized carbons (Fsp3) is 0.400. The maximum Gasteiger partial charge on any atom is 0.416 e. The average molecular weight is 233 g/mol. The van der Waals surface area contributed by atoms with Crippen LogP contribution in [0, 0.1) is 10.1 Å². The first kappa shape index (κ1) is 12.5. The summed E-state index contributed by atoms with van der Waals surface area (Å²) in [5.74, 6) is 0. The number of alkyl halides is 3. The van der Waals surface area contributed by atoms with Gasteiger partial charge in [0.25, 0.3) is 0 Å². The van der Waals surface area contributed by atoms with E-state index in [4.69, 9.17) is 0 Å². The van der Waals surface area contributed by atoms with Crippen LogP contribution in [0.2, 0.25) is 0 Å². The van der Waals surface area contributed by atoms with Gasteiger partial charge in [-0.1, -0.05) is 12.2 Å². The second-order valence-corrected chi connectivity index (χ2v) is 3.33. The van der Waals surface area contributed by atoms with E-state index in [0.717, 1.165) is 0 Å². The van der Waals surface area contributed by atoms with Gasteiger partial charge in [0.15, 0.2) is 0 Å². The molecular formula is C10H10F3NO2. The second-order valence-electron chi connectivity index (χ2n) is 3.33. The van der Waals surface area contributed by atoms with Crippen molar-refractivity contribution in [2.45, 2.75) is 25.9 Å². The van der Waals surface area contributed by atoms with E-state index < -0.39 is 16.7 Å². The van der Waals surface area contributed by atoms with Crippen molar-refractivity contribution in [2.75, 3.05) is 0 Å². The first-order chi connectivity index (χ1) is 7.36. The van der Waals surface area contributed by atoms with Crippen molar-refractivity contribution >= 4 is 0 Å². The highest BCUT2D eigenvalue weighted by Crippen LogP contribution is 2.36. The monoisotopic (exact) mass is 233 g/mol. The molecule has 0 spiro atoms. The van der Waals surface area contributed by atoms with Crippen molar-refractivity contribution in [3.05, 3.63) is 45.2 Å². The number of nitrogens with zero attached hydrogens (tertiary/aromatic N) is 1. The SMILES string of the molecule is CC=CC1=C(C(F)(F)F)C=C([N+](=O)[O-])CC1. The summed E-state index contributed by atoms with van der Waals surface area (Å²) >= 11 is 0. The topological polar surface area (TPSA) is 43.1 Å². The first-order valence-electron chi connectivity index (χ1n) is 4.64. The molecule has 0 aliphatic heterocycles. The minimum Gasteiger partial charge on any atom is -0.259 e. The lowest BCUT2D eigenvalue weighted by atomic mass is 9.95. The number of hydrogen-bond donors (Lipinski definition) is 0. The quantitative estimate of drug-likeness (QED) is 0.542. The zero-order valence-electron chi connectivity index (χ0n) is 8.54. The summed E-state index contributed by atoms with van der Waals surface area (Å²) in [6.07, 6.45) is -1.00. The maximum atomic E-state index is 12.6. The molecule has 1 aliphatic carbocycles. The predicted octanol–water partition coefficient (Wildman–Crippen LogP) is 3.38. The molecule has 0 saturated heterocycles. The Morgan fingerprint density at radius 3 is 2.50 bits per heavy atom. The molecule has 0 saturated carbocycles. The van der Waals surface area contributed by atoms with Gasteiger partial charge in [-0.3, -0.25) is 10.1 Å². The third-order valence-electron chi connectivity index (χ3n) is 2.22. The number of hydrogen-bond acceptors (Lipinski definition) is 2. The predicted molar refractivity (Wildman–Crippen MR) is 52.2 cm³/mol. The van der Waals surface area contributed by atoms with Crippen molar-refractivity contribution in [2.24, 2.45) is 0 Å². The van der Waals surface area contributed by atoms with Gasteiger partial charge >= 0.3 is 6.18 Å². The van der Waals surface area contributed by atoms with Gasteiger partial charge in [0.05, 0.1) is 10.5 Å². The molecule has 0 heterocycles. The molecule has 0 bridgehead atoms. The molecule has 1 aliphatic rings. The van der Waals surface area contributed by atoms with Gasteiger partial charge in [0.2, 0.25) is 5.70 Å². The molecule has 0 aromatic carbocycles. The van der Waals surface area contributed by atoms with Gasteiger partial charge in [-0.2, -0.15) is 13.2 Å². The molecule has 3 nitrogen and oxygen atoms in total. The smallest absolute Gasteiger partial charge is 0.259 e. The van der Waals surface area contributed by atoms with Crippen LogP contribution in [0.15, 0.2) is 35.1 Å². The van der Waals surface area contributed by atoms with Gasteiger partial charge in [-0.05, 0) is 18.9 Å². The molecule has 6 heteroatoms. The Kier molecular flexibility index (Phi) is 3.51. The van der Waals surface area contributed by atoms with E-state index in [-0.39, 0.29) is 24.1 Å². The minimum absolute atomic E-state index is 0.0340. The highest BCUT2D eigenvalue weighted by Gasteiger charge is 2.37. The van der Waals surface area contributed by atoms with Crippen LogP contribution in [0.4, 0.5) is 13.2 Å². The second kappa shape index (κ2) is 4.51. The maximum absolute atomic E-state index is 12.6. The van der Waals surface area contributed by atoms with Crippen LogP contribution >= 0.6 is 0 Å². The van der Waals surface area contributed by atoms with Crippen molar-refractivity contribution in [1.82, 2.24) is 0 Å². The van der Waals surface area contributed by atoms with Gasteiger partial charge in [-0.25, -0.2) is 0 Å². The summed E-state index contributed by atoms with van der Waals surface area (Å²) in [5.41, 5.74) is -1.20. The van der Waals surface area contributed by atoms with E-state index in [1.54, 1.807) is 6.92 Å².